The molecule has 0 radical (unpaired) electrons. The van der Waals surface area contributed by atoms with Crippen LogP contribution in [0.25, 0.3) is 0 Å². The van der Waals surface area contributed by atoms with Gasteiger partial charge in [-0.1, -0.05) is 13.8 Å². The van der Waals surface area contributed by atoms with Gasteiger partial charge in [0, 0.05) is 13.0 Å². The highest BCUT2D eigenvalue weighted by atomic mass is 16.6. The lowest BCUT2D eigenvalue weighted by molar-refractivity contribution is -0.155. The van der Waals surface area contributed by atoms with Crippen LogP contribution in [-0.4, -0.2) is 49.4 Å². The van der Waals surface area contributed by atoms with Crippen molar-refractivity contribution in [3.05, 3.63) is 0 Å². The van der Waals surface area contributed by atoms with Crippen molar-refractivity contribution in [1.82, 2.24) is 5.32 Å². The number of hydrogen-bond acceptors (Lipinski definition) is 6. The number of Topliss-reactive ketones (excluding diaryl/α,β-unsaturated/α-hetero) is 2. The van der Waals surface area contributed by atoms with Crippen LogP contribution in [0.5, 0.6) is 0 Å². The van der Waals surface area contributed by atoms with Crippen molar-refractivity contribution in [3.8, 4) is 0 Å². The summed E-state index contributed by atoms with van der Waals surface area (Å²) in [6.45, 7) is 6.33. The predicted molar refractivity (Wildman–Crippen MR) is 72.2 cm³/mol. The molecule has 1 rings (SSSR count). The van der Waals surface area contributed by atoms with Crippen LogP contribution in [0.4, 0.5) is 0 Å². The third kappa shape index (κ3) is 5.38. The van der Waals surface area contributed by atoms with Crippen LogP contribution >= 0.6 is 0 Å². The van der Waals surface area contributed by atoms with Gasteiger partial charge in [-0.15, -0.1) is 0 Å². The minimum Gasteiger partial charge on any atom is -0.459 e. The average Bonchev–Trinajstić information content (AvgIpc) is 2.34. The first-order chi connectivity index (χ1) is 9.43. The monoisotopic (exact) mass is 285 g/mol. The summed E-state index contributed by atoms with van der Waals surface area (Å²) in [4.78, 5) is 35.6. The summed E-state index contributed by atoms with van der Waals surface area (Å²) in [5, 5.41) is 2.94. The highest BCUT2D eigenvalue weighted by molar-refractivity contribution is 5.99. The Morgan fingerprint density at radius 3 is 2.65 bits per heavy atom. The fraction of sp³-hybridized carbons (Fsp3) is 0.786. The van der Waals surface area contributed by atoms with Gasteiger partial charge in [0.2, 0.25) is 0 Å². The van der Waals surface area contributed by atoms with E-state index in [2.05, 4.69) is 5.32 Å². The number of carbonyl (C=O) groups is 3. The molecule has 1 heterocycles. The molecule has 0 aromatic rings. The Balaban J connectivity index is 2.74. The largest absolute Gasteiger partial charge is 0.459 e. The quantitative estimate of drug-likeness (QED) is 0.597. The van der Waals surface area contributed by atoms with Crippen molar-refractivity contribution in [2.45, 2.75) is 45.8 Å². The van der Waals surface area contributed by atoms with Gasteiger partial charge < -0.3 is 14.8 Å². The Labute approximate surface area is 119 Å². The maximum absolute atomic E-state index is 12.0. The van der Waals surface area contributed by atoms with Crippen LogP contribution in [0.3, 0.4) is 0 Å². The van der Waals surface area contributed by atoms with Gasteiger partial charge in [0.15, 0.2) is 5.78 Å². The van der Waals surface area contributed by atoms with Crippen molar-refractivity contribution in [3.63, 3.8) is 0 Å². The van der Waals surface area contributed by atoms with Crippen molar-refractivity contribution in [2.75, 3.05) is 19.8 Å². The molecule has 114 valence electrons. The highest BCUT2D eigenvalue weighted by Gasteiger charge is 2.28. The Hall–Kier alpha value is -1.27. The summed E-state index contributed by atoms with van der Waals surface area (Å²) in [7, 11) is 0. The standard InChI is InChI=1S/C14H23NO5/c1-4-19-8-11-5-10(16)7-15-14(9(2)3)12(17)6-13(18)20-11/h9,11,14-15H,4-8H2,1-3H3/t11-,14-/m0/s1. The van der Waals surface area contributed by atoms with E-state index in [-0.39, 0.29) is 43.5 Å². The Bertz CT molecular complexity index is 367. The van der Waals surface area contributed by atoms with Crippen molar-refractivity contribution >= 4 is 17.5 Å². The first-order valence-corrected chi connectivity index (χ1v) is 6.99. The van der Waals surface area contributed by atoms with Gasteiger partial charge in [-0.3, -0.25) is 14.4 Å². The molecule has 1 aliphatic heterocycles. The van der Waals surface area contributed by atoms with E-state index in [1.165, 1.54) is 0 Å². The van der Waals surface area contributed by atoms with Gasteiger partial charge in [0.25, 0.3) is 0 Å². The number of nitrogens with one attached hydrogen (secondary N) is 1. The maximum atomic E-state index is 12.0. The van der Waals surface area contributed by atoms with Crippen LogP contribution < -0.4 is 5.32 Å². The summed E-state index contributed by atoms with van der Waals surface area (Å²) >= 11 is 0. The molecule has 1 aliphatic rings. The molecule has 0 aromatic carbocycles. The number of ketones is 2. The van der Waals surface area contributed by atoms with E-state index in [4.69, 9.17) is 9.47 Å². The number of rotatable bonds is 4. The van der Waals surface area contributed by atoms with Crippen LogP contribution in [0.15, 0.2) is 0 Å². The molecule has 1 N–H and O–H groups in total. The van der Waals surface area contributed by atoms with Crippen molar-refractivity contribution < 1.29 is 23.9 Å². The Kier molecular flexibility index (Phi) is 6.81. The molecule has 1 fully saturated rings. The number of carbonyl (C=O) groups excluding carboxylic acids is 3. The molecule has 0 unspecified atom stereocenters. The average molecular weight is 285 g/mol. The second-order valence-corrected chi connectivity index (χ2v) is 5.26. The predicted octanol–water partition coefficient (Wildman–Crippen LogP) is 0.481. The van der Waals surface area contributed by atoms with Crippen molar-refractivity contribution in [2.24, 2.45) is 5.92 Å². The summed E-state index contributed by atoms with van der Waals surface area (Å²) < 4.78 is 10.4. The third-order valence-electron chi connectivity index (χ3n) is 3.11. The van der Waals surface area contributed by atoms with Gasteiger partial charge in [0.1, 0.15) is 18.3 Å². The number of cyclic esters (lactones) is 1. The van der Waals surface area contributed by atoms with Crippen molar-refractivity contribution in [1.29, 1.82) is 0 Å². The molecular weight excluding hydrogens is 262 g/mol. The molecule has 6 heteroatoms. The van der Waals surface area contributed by atoms with Gasteiger partial charge in [-0.2, -0.15) is 0 Å². The molecular formula is C14H23NO5. The van der Waals surface area contributed by atoms with E-state index in [1.54, 1.807) is 0 Å². The lowest BCUT2D eigenvalue weighted by Crippen LogP contribution is -2.46. The van der Waals surface area contributed by atoms with Crippen LogP contribution in [0.2, 0.25) is 0 Å². The minimum absolute atomic E-state index is 0.0155. The van der Waals surface area contributed by atoms with E-state index < -0.39 is 18.1 Å². The normalized spacial score (nSPS) is 25.7. The second kappa shape index (κ2) is 8.11. The lowest BCUT2D eigenvalue weighted by Gasteiger charge is -2.24. The molecule has 6 nitrogen and oxygen atoms in total. The lowest BCUT2D eigenvalue weighted by atomic mass is 9.97. The molecule has 20 heavy (non-hydrogen) atoms. The topological polar surface area (TPSA) is 81.7 Å². The maximum Gasteiger partial charge on any atom is 0.313 e. The fourth-order valence-corrected chi connectivity index (χ4v) is 2.13. The summed E-state index contributed by atoms with van der Waals surface area (Å²) in [6, 6.07) is -0.491. The molecule has 0 aromatic heterocycles. The van der Waals surface area contributed by atoms with Crippen LogP contribution in [0.1, 0.15) is 33.6 Å². The molecule has 0 aliphatic carbocycles. The SMILES string of the molecule is CCOC[C@@H]1CC(=O)CN[C@@H](C(C)C)C(=O)CC(=O)O1. The summed E-state index contributed by atoms with van der Waals surface area (Å²) in [6.07, 6.45) is -0.773. The summed E-state index contributed by atoms with van der Waals surface area (Å²) in [5.41, 5.74) is 0. The number of hydrogen-bond donors (Lipinski definition) is 1. The van der Waals surface area contributed by atoms with Crippen LogP contribution in [-0.2, 0) is 23.9 Å². The summed E-state index contributed by atoms with van der Waals surface area (Å²) in [5.74, 6) is -0.915. The van der Waals surface area contributed by atoms with Crippen LogP contribution in [0, 0.1) is 5.92 Å². The highest BCUT2D eigenvalue weighted by Crippen LogP contribution is 2.10. The van der Waals surface area contributed by atoms with E-state index in [1.807, 2.05) is 20.8 Å². The van der Waals surface area contributed by atoms with Gasteiger partial charge in [-0.25, -0.2) is 0 Å². The van der Waals surface area contributed by atoms with E-state index in [0.717, 1.165) is 0 Å². The van der Waals surface area contributed by atoms with E-state index in [9.17, 15) is 14.4 Å². The van der Waals surface area contributed by atoms with Gasteiger partial charge in [0.05, 0.1) is 19.2 Å². The first-order valence-electron chi connectivity index (χ1n) is 6.99. The Morgan fingerprint density at radius 1 is 1.35 bits per heavy atom. The molecule has 2 atom stereocenters. The zero-order chi connectivity index (χ0) is 15.1. The zero-order valence-electron chi connectivity index (χ0n) is 12.3. The smallest absolute Gasteiger partial charge is 0.313 e. The van der Waals surface area contributed by atoms with Gasteiger partial charge >= 0.3 is 5.97 Å². The Morgan fingerprint density at radius 2 is 2.05 bits per heavy atom. The van der Waals surface area contributed by atoms with E-state index >= 15 is 0 Å². The van der Waals surface area contributed by atoms with E-state index in [0.29, 0.717) is 6.61 Å². The second-order valence-electron chi connectivity index (χ2n) is 5.26. The fourth-order valence-electron chi connectivity index (χ4n) is 2.13. The zero-order valence-corrected chi connectivity index (χ0v) is 12.3. The molecule has 0 bridgehead atoms. The molecule has 0 spiro atoms. The number of ether oxygens (including phenoxy) is 2. The number of esters is 1. The molecule has 0 amide bonds. The minimum atomic E-state index is -0.611. The third-order valence-corrected chi connectivity index (χ3v) is 3.11. The molecule has 0 saturated carbocycles. The molecule has 1 saturated heterocycles. The van der Waals surface area contributed by atoms with Gasteiger partial charge in [-0.05, 0) is 12.8 Å². The first kappa shape index (κ1) is 16.8.